The maximum absolute atomic E-state index is 12.8. The molecule has 150 valence electrons. The fraction of sp³-hybridized carbons (Fsp3) is 0.391. The second kappa shape index (κ2) is 7.78. The fourth-order valence-corrected chi connectivity index (χ4v) is 3.95. The standard InChI is InChI=1S/C23H26N4O2/c1-4-16(18-12-25-11-14-6-5-7-17(14)18)20-9-15(10-21(26-20)23(29)24-3)22(28)27-19-8-13(19)2/h5,7,9-13,16,19H,4,6,8H2,1-3H3,(H,24,29)(H,27,28)/t13-,16?,19?/m0/s1. The van der Waals surface area contributed by atoms with Crippen LogP contribution in [0.2, 0.25) is 0 Å². The normalized spacial score (nSPS) is 20.1. The molecule has 29 heavy (non-hydrogen) atoms. The van der Waals surface area contributed by atoms with E-state index in [4.69, 9.17) is 0 Å². The molecule has 6 heteroatoms. The van der Waals surface area contributed by atoms with E-state index in [2.05, 4.69) is 46.6 Å². The first-order chi connectivity index (χ1) is 14.0. The van der Waals surface area contributed by atoms with Gasteiger partial charge >= 0.3 is 0 Å². The Morgan fingerprint density at radius 2 is 2.03 bits per heavy atom. The SMILES string of the molecule is CCC(c1cc(C(=O)NC2C[C@@H]2C)cc(C(=O)NC)n1)c1cncc2c1C=CC2. The number of nitrogens with zero attached hydrogens (tertiary/aromatic N) is 2. The van der Waals surface area contributed by atoms with Crippen LogP contribution in [-0.2, 0) is 6.42 Å². The molecule has 0 bridgehead atoms. The summed E-state index contributed by atoms with van der Waals surface area (Å²) in [5.41, 5.74) is 4.91. The van der Waals surface area contributed by atoms with E-state index in [9.17, 15) is 9.59 Å². The Labute approximate surface area is 170 Å². The highest BCUT2D eigenvalue weighted by Gasteiger charge is 2.34. The second-order valence-electron chi connectivity index (χ2n) is 7.91. The zero-order chi connectivity index (χ0) is 20.5. The zero-order valence-electron chi connectivity index (χ0n) is 17.0. The molecule has 3 atom stereocenters. The summed E-state index contributed by atoms with van der Waals surface area (Å²) in [5, 5.41) is 5.66. The molecule has 2 heterocycles. The summed E-state index contributed by atoms with van der Waals surface area (Å²) in [7, 11) is 1.57. The van der Waals surface area contributed by atoms with E-state index in [1.165, 1.54) is 11.1 Å². The molecular weight excluding hydrogens is 364 g/mol. The summed E-state index contributed by atoms with van der Waals surface area (Å²) in [6.45, 7) is 4.20. The fourth-order valence-electron chi connectivity index (χ4n) is 3.95. The molecule has 2 aliphatic rings. The quantitative estimate of drug-likeness (QED) is 0.794. The molecule has 1 saturated carbocycles. The molecule has 2 aromatic heterocycles. The van der Waals surface area contributed by atoms with Crippen LogP contribution in [0.1, 0.15) is 75.8 Å². The van der Waals surface area contributed by atoms with Gasteiger partial charge in [-0.05, 0) is 54.0 Å². The number of carbonyl (C=O) groups is 2. The first-order valence-corrected chi connectivity index (χ1v) is 10.2. The van der Waals surface area contributed by atoms with Crippen LogP contribution >= 0.6 is 0 Å². The summed E-state index contributed by atoms with van der Waals surface area (Å²) < 4.78 is 0. The van der Waals surface area contributed by atoms with Crippen molar-refractivity contribution in [3.05, 3.63) is 64.2 Å². The van der Waals surface area contributed by atoms with Crippen molar-refractivity contribution in [3.63, 3.8) is 0 Å². The molecule has 0 radical (unpaired) electrons. The van der Waals surface area contributed by atoms with Gasteiger partial charge in [0, 0.05) is 42.7 Å². The second-order valence-corrected chi connectivity index (χ2v) is 7.91. The molecule has 6 nitrogen and oxygen atoms in total. The van der Waals surface area contributed by atoms with Crippen molar-refractivity contribution < 1.29 is 9.59 Å². The maximum Gasteiger partial charge on any atom is 0.269 e. The predicted octanol–water partition coefficient (Wildman–Crippen LogP) is 3.09. The largest absolute Gasteiger partial charge is 0.354 e. The van der Waals surface area contributed by atoms with Gasteiger partial charge in [0.2, 0.25) is 0 Å². The van der Waals surface area contributed by atoms with E-state index < -0.39 is 0 Å². The maximum atomic E-state index is 12.8. The van der Waals surface area contributed by atoms with Crippen molar-refractivity contribution in [2.45, 2.75) is 45.1 Å². The number of allylic oxidation sites excluding steroid dienone is 1. The molecule has 2 aliphatic carbocycles. The number of hydrogen-bond donors (Lipinski definition) is 2. The Morgan fingerprint density at radius 1 is 1.24 bits per heavy atom. The average molecular weight is 390 g/mol. The highest BCUT2D eigenvalue weighted by atomic mass is 16.2. The summed E-state index contributed by atoms with van der Waals surface area (Å²) in [6, 6.07) is 3.61. The van der Waals surface area contributed by atoms with E-state index in [-0.39, 0.29) is 29.5 Å². The van der Waals surface area contributed by atoms with Crippen molar-refractivity contribution in [2.75, 3.05) is 7.05 Å². The van der Waals surface area contributed by atoms with Crippen molar-refractivity contribution in [1.82, 2.24) is 20.6 Å². The van der Waals surface area contributed by atoms with Crippen LogP contribution in [-0.4, -0.2) is 34.9 Å². The Morgan fingerprint density at radius 3 is 2.72 bits per heavy atom. The van der Waals surface area contributed by atoms with Gasteiger partial charge in [-0.25, -0.2) is 4.98 Å². The lowest BCUT2D eigenvalue weighted by Crippen LogP contribution is -2.28. The van der Waals surface area contributed by atoms with Gasteiger partial charge in [0.05, 0.1) is 0 Å². The molecule has 1 fully saturated rings. The van der Waals surface area contributed by atoms with E-state index in [1.54, 1.807) is 13.1 Å². The monoisotopic (exact) mass is 390 g/mol. The van der Waals surface area contributed by atoms with Gasteiger partial charge < -0.3 is 10.6 Å². The van der Waals surface area contributed by atoms with E-state index >= 15 is 0 Å². The van der Waals surface area contributed by atoms with Crippen molar-refractivity contribution in [3.8, 4) is 0 Å². The van der Waals surface area contributed by atoms with Gasteiger partial charge in [0.15, 0.2) is 0 Å². The first kappa shape index (κ1) is 19.3. The minimum atomic E-state index is -0.299. The molecule has 0 aromatic carbocycles. The molecule has 0 saturated heterocycles. The molecule has 0 spiro atoms. The van der Waals surface area contributed by atoms with Crippen LogP contribution in [0.5, 0.6) is 0 Å². The lowest BCUT2D eigenvalue weighted by molar-refractivity contribution is 0.0949. The smallest absolute Gasteiger partial charge is 0.269 e. The van der Waals surface area contributed by atoms with Gasteiger partial charge in [0.25, 0.3) is 11.8 Å². The molecule has 2 aromatic rings. The predicted molar refractivity (Wildman–Crippen MR) is 112 cm³/mol. The summed E-state index contributed by atoms with van der Waals surface area (Å²) in [6.07, 6.45) is 10.7. The number of fused-ring (bicyclic) bond motifs is 1. The van der Waals surface area contributed by atoms with Crippen LogP contribution < -0.4 is 10.6 Å². The molecular formula is C23H26N4O2. The van der Waals surface area contributed by atoms with Crippen LogP contribution in [0.15, 0.2) is 30.6 Å². The van der Waals surface area contributed by atoms with Gasteiger partial charge in [-0.15, -0.1) is 0 Å². The van der Waals surface area contributed by atoms with Crippen LogP contribution in [0.25, 0.3) is 6.08 Å². The molecule has 2 amide bonds. The lowest BCUT2D eigenvalue weighted by atomic mass is 9.88. The van der Waals surface area contributed by atoms with Gasteiger partial charge in [-0.1, -0.05) is 26.0 Å². The number of rotatable bonds is 6. The lowest BCUT2D eigenvalue weighted by Gasteiger charge is -2.19. The third-order valence-electron chi connectivity index (χ3n) is 5.86. The van der Waals surface area contributed by atoms with E-state index in [1.807, 2.05) is 18.5 Å². The first-order valence-electron chi connectivity index (χ1n) is 10.2. The van der Waals surface area contributed by atoms with Gasteiger partial charge in [-0.2, -0.15) is 0 Å². The van der Waals surface area contributed by atoms with Gasteiger partial charge in [0.1, 0.15) is 5.69 Å². The summed E-state index contributed by atoms with van der Waals surface area (Å²) in [4.78, 5) is 34.2. The topological polar surface area (TPSA) is 84.0 Å². The van der Waals surface area contributed by atoms with E-state index in [0.717, 1.165) is 30.5 Å². The van der Waals surface area contributed by atoms with Crippen molar-refractivity contribution in [1.29, 1.82) is 0 Å². The van der Waals surface area contributed by atoms with Crippen LogP contribution in [0.3, 0.4) is 0 Å². The molecule has 2 N–H and O–H groups in total. The highest BCUT2D eigenvalue weighted by Crippen LogP contribution is 2.34. The Bertz CT molecular complexity index is 998. The van der Waals surface area contributed by atoms with E-state index in [0.29, 0.717) is 11.5 Å². The Hall–Kier alpha value is -3.02. The number of hydrogen-bond acceptors (Lipinski definition) is 4. The molecule has 2 unspecified atom stereocenters. The number of amides is 2. The third kappa shape index (κ3) is 3.79. The minimum absolute atomic E-state index is 0.0452. The number of nitrogens with one attached hydrogen (secondary N) is 2. The highest BCUT2D eigenvalue weighted by molar-refractivity contribution is 5.99. The third-order valence-corrected chi connectivity index (χ3v) is 5.86. The Balaban J connectivity index is 1.75. The number of carbonyl (C=O) groups excluding carboxylic acids is 2. The van der Waals surface area contributed by atoms with Crippen LogP contribution in [0, 0.1) is 5.92 Å². The minimum Gasteiger partial charge on any atom is -0.354 e. The van der Waals surface area contributed by atoms with Crippen molar-refractivity contribution in [2.24, 2.45) is 5.92 Å². The molecule has 4 rings (SSSR count). The molecule has 0 aliphatic heterocycles. The van der Waals surface area contributed by atoms with Crippen molar-refractivity contribution >= 4 is 17.9 Å². The summed E-state index contributed by atoms with van der Waals surface area (Å²) >= 11 is 0. The Kier molecular flexibility index (Phi) is 5.18. The number of aromatic nitrogens is 2. The van der Waals surface area contributed by atoms with Crippen LogP contribution in [0.4, 0.5) is 0 Å². The zero-order valence-corrected chi connectivity index (χ0v) is 17.0. The average Bonchev–Trinajstić information content (AvgIpc) is 3.21. The number of pyridine rings is 2. The van der Waals surface area contributed by atoms with Gasteiger partial charge in [-0.3, -0.25) is 14.6 Å². The summed E-state index contributed by atoms with van der Waals surface area (Å²) in [5.74, 6) is 0.00852.